The van der Waals surface area contributed by atoms with Crippen LogP contribution in [0.15, 0.2) is 20.1 Å². The second-order valence-electron chi connectivity index (χ2n) is 4.69. The number of halogens is 2. The summed E-state index contributed by atoms with van der Waals surface area (Å²) in [5, 5.41) is 2.64. The number of amides is 1. The predicted molar refractivity (Wildman–Crippen MR) is 88.2 cm³/mol. The summed E-state index contributed by atoms with van der Waals surface area (Å²) in [6.45, 7) is 0.102. The van der Waals surface area contributed by atoms with Gasteiger partial charge in [0.05, 0.1) is 10.3 Å². The molecule has 1 aromatic heterocycles. The molecule has 1 aliphatic carbocycles. The molecule has 0 radical (unpaired) electrons. The molecule has 0 bridgehead atoms. The first kappa shape index (κ1) is 18.9. The third-order valence-corrected chi connectivity index (χ3v) is 6.52. The lowest BCUT2D eigenvalue weighted by molar-refractivity contribution is -0.120. The number of nitrogens with two attached hydrogens (primary N) is 1. The molecule has 0 aliphatic heterocycles. The van der Waals surface area contributed by atoms with Gasteiger partial charge in [-0.3, -0.25) is 4.79 Å². The van der Waals surface area contributed by atoms with E-state index >= 15 is 0 Å². The molecule has 1 aromatic rings. The van der Waals surface area contributed by atoms with Crippen molar-refractivity contribution in [2.75, 3.05) is 13.1 Å². The molecular weight excluding hydrogens is 402 g/mol. The lowest BCUT2D eigenvalue weighted by Crippen LogP contribution is -2.43. The summed E-state index contributed by atoms with van der Waals surface area (Å²) in [4.78, 5) is 11.6. The van der Waals surface area contributed by atoms with E-state index in [0.29, 0.717) is 12.5 Å². The molecule has 1 fully saturated rings. The summed E-state index contributed by atoms with van der Waals surface area (Å²) >= 11 is 4.29. The van der Waals surface area contributed by atoms with Crippen LogP contribution in [0.3, 0.4) is 0 Å². The van der Waals surface area contributed by atoms with Crippen molar-refractivity contribution >= 4 is 55.6 Å². The van der Waals surface area contributed by atoms with Gasteiger partial charge in [0.15, 0.2) is 0 Å². The van der Waals surface area contributed by atoms with Gasteiger partial charge in [0.2, 0.25) is 5.91 Å². The second kappa shape index (κ2) is 7.89. The number of thiophene rings is 1. The number of carbonyl (C=O) groups is 1. The van der Waals surface area contributed by atoms with Gasteiger partial charge in [0.25, 0.3) is 10.0 Å². The SMILES string of the molecule is Cl.NC(CNC(=O)CNS(=O)(=O)c1ccc(Br)s1)C1CC1. The zero-order valence-electron chi connectivity index (χ0n) is 11.0. The highest BCUT2D eigenvalue weighted by Crippen LogP contribution is 2.31. The van der Waals surface area contributed by atoms with Crippen LogP contribution >= 0.6 is 39.7 Å². The molecule has 6 nitrogen and oxygen atoms in total. The first-order valence-electron chi connectivity index (χ1n) is 6.16. The number of hydrogen-bond donors (Lipinski definition) is 3. The van der Waals surface area contributed by atoms with Gasteiger partial charge in [-0.05, 0) is 46.8 Å². The predicted octanol–water partition coefficient (Wildman–Crippen LogP) is 1.06. The van der Waals surface area contributed by atoms with Gasteiger partial charge >= 0.3 is 0 Å². The molecule has 1 amide bonds. The average molecular weight is 419 g/mol. The largest absolute Gasteiger partial charge is 0.353 e. The zero-order valence-corrected chi connectivity index (χ0v) is 15.1. The van der Waals surface area contributed by atoms with E-state index in [0.717, 1.165) is 28.0 Å². The Morgan fingerprint density at radius 3 is 2.67 bits per heavy atom. The Labute approximate surface area is 142 Å². The molecule has 4 N–H and O–H groups in total. The number of carbonyl (C=O) groups excluding carboxylic acids is 1. The van der Waals surface area contributed by atoms with E-state index in [2.05, 4.69) is 26.0 Å². The summed E-state index contributed by atoms with van der Waals surface area (Å²) in [5.41, 5.74) is 5.85. The highest BCUT2D eigenvalue weighted by molar-refractivity contribution is 9.11. The first-order valence-corrected chi connectivity index (χ1v) is 9.25. The van der Waals surface area contributed by atoms with Gasteiger partial charge in [0.1, 0.15) is 4.21 Å². The van der Waals surface area contributed by atoms with E-state index in [9.17, 15) is 13.2 Å². The fourth-order valence-electron chi connectivity index (χ4n) is 1.66. The normalized spacial score (nSPS) is 16.1. The third kappa shape index (κ3) is 5.84. The van der Waals surface area contributed by atoms with Crippen LogP contribution in [0.4, 0.5) is 0 Å². The van der Waals surface area contributed by atoms with Gasteiger partial charge in [0, 0.05) is 12.6 Å². The number of rotatable bonds is 7. The maximum Gasteiger partial charge on any atom is 0.250 e. The molecule has 21 heavy (non-hydrogen) atoms. The lowest BCUT2D eigenvalue weighted by atomic mass is 10.2. The van der Waals surface area contributed by atoms with Crippen molar-refractivity contribution in [2.45, 2.75) is 23.1 Å². The van der Waals surface area contributed by atoms with Crippen molar-refractivity contribution in [2.24, 2.45) is 11.7 Å². The summed E-state index contributed by atoms with van der Waals surface area (Å²) in [5.74, 6) is 0.121. The van der Waals surface area contributed by atoms with E-state index in [1.54, 1.807) is 6.07 Å². The van der Waals surface area contributed by atoms with Gasteiger partial charge in [-0.25, -0.2) is 13.1 Å². The molecule has 2 rings (SSSR count). The second-order valence-corrected chi connectivity index (χ2v) is 9.15. The number of hydrogen-bond acceptors (Lipinski definition) is 5. The summed E-state index contributed by atoms with van der Waals surface area (Å²) in [7, 11) is -3.63. The molecule has 1 heterocycles. The van der Waals surface area contributed by atoms with Crippen molar-refractivity contribution < 1.29 is 13.2 Å². The minimum absolute atomic E-state index is 0. The highest BCUT2D eigenvalue weighted by atomic mass is 79.9. The Morgan fingerprint density at radius 1 is 1.48 bits per heavy atom. The van der Waals surface area contributed by atoms with Crippen LogP contribution in [0.25, 0.3) is 0 Å². The van der Waals surface area contributed by atoms with Gasteiger partial charge < -0.3 is 11.1 Å². The summed E-state index contributed by atoms with van der Waals surface area (Å²) < 4.78 is 26.9. The van der Waals surface area contributed by atoms with Crippen LogP contribution in [-0.2, 0) is 14.8 Å². The molecule has 1 unspecified atom stereocenters. The highest BCUT2D eigenvalue weighted by Gasteiger charge is 2.28. The van der Waals surface area contributed by atoms with Gasteiger partial charge in [-0.1, -0.05) is 0 Å². The maximum atomic E-state index is 11.9. The Kier molecular flexibility index (Phi) is 7.08. The Hall–Kier alpha value is -0.190. The van der Waals surface area contributed by atoms with Crippen molar-refractivity contribution in [1.29, 1.82) is 0 Å². The quantitative estimate of drug-likeness (QED) is 0.616. The van der Waals surface area contributed by atoms with Gasteiger partial charge in [-0.2, -0.15) is 0 Å². The third-order valence-electron chi connectivity index (χ3n) is 3.00. The van der Waals surface area contributed by atoms with E-state index in [1.165, 1.54) is 6.07 Å². The van der Waals surface area contributed by atoms with E-state index in [1.807, 2.05) is 0 Å². The van der Waals surface area contributed by atoms with Crippen LogP contribution in [0.2, 0.25) is 0 Å². The molecule has 1 atom stereocenters. The first-order chi connectivity index (χ1) is 9.38. The van der Waals surface area contributed by atoms with Crippen molar-refractivity contribution in [3.05, 3.63) is 15.9 Å². The summed E-state index contributed by atoms with van der Waals surface area (Å²) in [6, 6.07) is 3.09. The number of sulfonamides is 1. The Bertz CT molecular complexity index is 589. The molecule has 1 aliphatic rings. The monoisotopic (exact) mass is 417 g/mol. The van der Waals surface area contributed by atoms with Crippen LogP contribution in [0.1, 0.15) is 12.8 Å². The summed E-state index contributed by atoms with van der Waals surface area (Å²) in [6.07, 6.45) is 2.22. The Balaban J connectivity index is 0.00000220. The molecule has 10 heteroatoms. The zero-order chi connectivity index (χ0) is 14.8. The fraction of sp³-hybridized carbons (Fsp3) is 0.545. The standard InChI is InChI=1S/C11H16BrN3O3S2.ClH/c12-9-3-4-11(19-9)20(17,18)15-6-10(16)14-5-8(13)7-1-2-7;/h3-4,7-8,15H,1-2,5-6,13H2,(H,14,16);1H. The minimum atomic E-state index is -3.63. The van der Waals surface area contributed by atoms with E-state index in [4.69, 9.17) is 5.73 Å². The van der Waals surface area contributed by atoms with Crippen LogP contribution in [0.5, 0.6) is 0 Å². The van der Waals surface area contributed by atoms with Crippen molar-refractivity contribution in [3.63, 3.8) is 0 Å². The van der Waals surface area contributed by atoms with Crippen molar-refractivity contribution in [1.82, 2.24) is 10.0 Å². The molecule has 120 valence electrons. The maximum absolute atomic E-state index is 11.9. The average Bonchev–Trinajstić information content (AvgIpc) is 3.15. The molecule has 1 saturated carbocycles. The molecule has 0 spiro atoms. The van der Waals surface area contributed by atoms with Crippen LogP contribution < -0.4 is 15.8 Å². The molecule has 0 saturated heterocycles. The lowest BCUT2D eigenvalue weighted by Gasteiger charge is -2.11. The molecular formula is C11H17BrClN3O3S2. The Morgan fingerprint density at radius 2 is 2.14 bits per heavy atom. The van der Waals surface area contributed by atoms with Crippen LogP contribution in [-0.4, -0.2) is 33.5 Å². The minimum Gasteiger partial charge on any atom is -0.353 e. The number of nitrogens with one attached hydrogen (secondary N) is 2. The van der Waals surface area contributed by atoms with Gasteiger partial charge in [-0.15, -0.1) is 23.7 Å². The topological polar surface area (TPSA) is 101 Å². The van der Waals surface area contributed by atoms with E-state index in [-0.39, 0.29) is 35.1 Å². The fourth-order valence-corrected chi connectivity index (χ4v) is 4.70. The molecule has 0 aromatic carbocycles. The van der Waals surface area contributed by atoms with Crippen molar-refractivity contribution in [3.8, 4) is 0 Å². The van der Waals surface area contributed by atoms with Crippen LogP contribution in [0, 0.1) is 5.92 Å². The smallest absolute Gasteiger partial charge is 0.250 e. The van der Waals surface area contributed by atoms with E-state index < -0.39 is 10.0 Å².